The van der Waals surface area contributed by atoms with Crippen molar-refractivity contribution in [3.8, 4) is 5.75 Å². The number of aliphatic hydroxyl groups excluding tert-OH is 1. The van der Waals surface area contributed by atoms with Crippen molar-refractivity contribution in [2.75, 3.05) is 25.2 Å². The van der Waals surface area contributed by atoms with Crippen molar-refractivity contribution in [2.24, 2.45) is 11.8 Å². The predicted octanol–water partition coefficient (Wildman–Crippen LogP) is 6.65. The zero-order chi connectivity index (χ0) is 32.1. The van der Waals surface area contributed by atoms with E-state index < -0.39 is 17.1 Å². The average Bonchev–Trinajstić information content (AvgIpc) is 3.69. The van der Waals surface area contributed by atoms with E-state index in [9.17, 15) is 14.7 Å². The lowest BCUT2D eigenvalue weighted by atomic mass is 9.63. The first-order valence-corrected chi connectivity index (χ1v) is 17.8. The minimum absolute atomic E-state index is 0.0274. The first-order chi connectivity index (χ1) is 21.5. The molecule has 3 aromatic rings. The maximum atomic E-state index is 14.9. The van der Waals surface area contributed by atoms with Crippen LogP contribution in [0.1, 0.15) is 56.7 Å². The molecule has 238 valence electrons. The van der Waals surface area contributed by atoms with E-state index in [2.05, 4.69) is 108 Å². The van der Waals surface area contributed by atoms with Crippen LogP contribution in [0.5, 0.6) is 5.75 Å². The van der Waals surface area contributed by atoms with Crippen LogP contribution in [0.25, 0.3) is 0 Å². The first kappa shape index (κ1) is 32.7. The van der Waals surface area contributed by atoms with Crippen LogP contribution < -0.4 is 9.64 Å². The number of anilines is 1. The van der Waals surface area contributed by atoms with Gasteiger partial charge < -0.3 is 24.4 Å². The van der Waals surface area contributed by atoms with E-state index in [-0.39, 0.29) is 42.7 Å². The normalized spacial score (nSPS) is 26.2. The third-order valence-corrected chi connectivity index (χ3v) is 11.7. The molecule has 2 amide bonds. The van der Waals surface area contributed by atoms with Crippen LogP contribution in [-0.4, -0.2) is 54.2 Å². The summed E-state index contributed by atoms with van der Waals surface area (Å²) in [6, 6.07) is 22.3. The van der Waals surface area contributed by atoms with Crippen LogP contribution >= 0.6 is 45.2 Å². The Morgan fingerprint density at radius 2 is 1.76 bits per heavy atom. The second kappa shape index (κ2) is 12.8. The smallest absolute Gasteiger partial charge is 0.264 e. The van der Waals surface area contributed by atoms with Gasteiger partial charge in [-0.15, -0.1) is 0 Å². The SMILES string of the molecule is COc1ccc(C(C)(C)[C@@H]2[C@@H](CC(=O)N3CCC[C@H]3CO)O[C@]3(C(=O)N(Cc4ccc(I)cc4)c4ccc(I)cc43)[C@H]2C)cc1. The van der Waals surface area contributed by atoms with Crippen molar-refractivity contribution in [1.29, 1.82) is 0 Å². The van der Waals surface area contributed by atoms with E-state index in [1.807, 2.05) is 34.1 Å². The molecule has 9 heteroatoms. The summed E-state index contributed by atoms with van der Waals surface area (Å²) in [5.74, 6) is 0.257. The van der Waals surface area contributed by atoms with Gasteiger partial charge in [-0.2, -0.15) is 0 Å². The van der Waals surface area contributed by atoms with Crippen LogP contribution in [0.2, 0.25) is 0 Å². The van der Waals surface area contributed by atoms with Gasteiger partial charge in [0, 0.05) is 31.1 Å². The number of benzene rings is 3. The monoisotopic (exact) mass is 834 g/mol. The number of amides is 2. The standard InChI is InChI=1S/C36H40I2N2O5/c1-22-33(35(2,3)24-9-14-28(44-4)15-10-24)31(19-32(42)39-17-5-6-27(39)21-41)45-36(22)29-18-26(38)13-16-30(29)40(34(36)43)20-23-7-11-25(37)12-8-23/h7-16,18,22,27,31,33,41H,5-6,17,19-21H2,1-4H3/t22-,27-,31+,33-,36+/m0/s1. The molecule has 6 rings (SSSR count). The summed E-state index contributed by atoms with van der Waals surface area (Å²) in [4.78, 5) is 32.5. The lowest BCUT2D eigenvalue weighted by Crippen LogP contribution is -2.46. The molecule has 7 nitrogen and oxygen atoms in total. The molecule has 3 aliphatic rings. The number of aliphatic hydroxyl groups is 1. The topological polar surface area (TPSA) is 79.3 Å². The Morgan fingerprint density at radius 1 is 1.07 bits per heavy atom. The van der Waals surface area contributed by atoms with Gasteiger partial charge in [-0.25, -0.2) is 0 Å². The van der Waals surface area contributed by atoms with Gasteiger partial charge in [0.05, 0.1) is 44.5 Å². The maximum Gasteiger partial charge on any atom is 0.264 e. The number of hydrogen-bond acceptors (Lipinski definition) is 5. The highest BCUT2D eigenvalue weighted by Gasteiger charge is 2.66. The minimum atomic E-state index is -1.24. The Labute approximate surface area is 292 Å². The molecule has 0 aliphatic carbocycles. The minimum Gasteiger partial charge on any atom is -0.497 e. The number of fused-ring (bicyclic) bond motifs is 2. The van der Waals surface area contributed by atoms with Gasteiger partial charge in [0.15, 0.2) is 5.60 Å². The van der Waals surface area contributed by atoms with E-state index >= 15 is 0 Å². The highest BCUT2D eigenvalue weighted by atomic mass is 127. The molecule has 5 atom stereocenters. The molecule has 2 fully saturated rings. The van der Waals surface area contributed by atoms with Gasteiger partial charge in [0.1, 0.15) is 5.75 Å². The number of likely N-dealkylation sites (tertiary alicyclic amines) is 1. The second-order valence-corrected chi connectivity index (χ2v) is 15.6. The van der Waals surface area contributed by atoms with Crippen LogP contribution in [-0.2, 0) is 31.9 Å². The molecule has 3 aliphatic heterocycles. The molecule has 1 N–H and O–H groups in total. The molecule has 0 unspecified atom stereocenters. The Bertz CT molecular complexity index is 1580. The van der Waals surface area contributed by atoms with Crippen molar-refractivity contribution in [2.45, 2.75) is 69.7 Å². The summed E-state index contributed by atoms with van der Waals surface area (Å²) >= 11 is 4.59. The van der Waals surface area contributed by atoms with Crippen LogP contribution in [0.3, 0.4) is 0 Å². The summed E-state index contributed by atoms with van der Waals surface area (Å²) in [7, 11) is 1.66. The van der Waals surface area contributed by atoms with Crippen molar-refractivity contribution >= 4 is 62.7 Å². The van der Waals surface area contributed by atoms with E-state index in [4.69, 9.17) is 9.47 Å². The second-order valence-electron chi connectivity index (χ2n) is 13.1. The first-order valence-electron chi connectivity index (χ1n) is 15.6. The number of nitrogens with zero attached hydrogens (tertiary/aromatic N) is 2. The van der Waals surface area contributed by atoms with Gasteiger partial charge in [-0.1, -0.05) is 45.0 Å². The van der Waals surface area contributed by atoms with E-state index in [1.165, 1.54) is 0 Å². The Hall–Kier alpha value is -2.22. The predicted molar refractivity (Wildman–Crippen MR) is 191 cm³/mol. The summed E-state index contributed by atoms with van der Waals surface area (Å²) in [6.07, 6.45) is 1.31. The third kappa shape index (κ3) is 5.69. The average molecular weight is 835 g/mol. The van der Waals surface area contributed by atoms with Crippen LogP contribution in [0.4, 0.5) is 5.69 Å². The molecule has 0 radical (unpaired) electrons. The molecular formula is C36H40I2N2O5. The summed E-state index contributed by atoms with van der Waals surface area (Å²) in [5, 5.41) is 9.98. The molecule has 0 aromatic heterocycles. The lowest BCUT2D eigenvalue weighted by Gasteiger charge is -2.39. The van der Waals surface area contributed by atoms with Crippen molar-refractivity contribution < 1.29 is 24.2 Å². The highest BCUT2D eigenvalue weighted by Crippen LogP contribution is 2.60. The summed E-state index contributed by atoms with van der Waals surface area (Å²) in [6.45, 7) is 7.54. The molecular weight excluding hydrogens is 794 g/mol. The molecule has 2 saturated heterocycles. The van der Waals surface area contributed by atoms with Crippen molar-refractivity contribution in [3.05, 3.63) is 90.6 Å². The molecule has 0 saturated carbocycles. The lowest BCUT2D eigenvalue weighted by molar-refractivity contribution is -0.150. The summed E-state index contributed by atoms with van der Waals surface area (Å²) in [5.41, 5.74) is 2.18. The van der Waals surface area contributed by atoms with Crippen LogP contribution in [0, 0.1) is 19.0 Å². The maximum absolute atomic E-state index is 14.9. The molecule has 0 bridgehead atoms. The fourth-order valence-electron chi connectivity index (χ4n) is 8.06. The number of ether oxygens (including phenoxy) is 2. The Kier molecular flexibility index (Phi) is 9.28. The Morgan fingerprint density at radius 3 is 2.42 bits per heavy atom. The third-order valence-electron chi connectivity index (χ3n) is 10.3. The van der Waals surface area contributed by atoms with E-state index in [1.54, 1.807) is 7.11 Å². The fourth-order valence-corrected chi connectivity index (χ4v) is 8.91. The summed E-state index contributed by atoms with van der Waals surface area (Å²) < 4.78 is 14.7. The molecule has 3 aromatic carbocycles. The van der Waals surface area contributed by atoms with Crippen molar-refractivity contribution in [3.63, 3.8) is 0 Å². The number of carbonyl (C=O) groups excluding carboxylic acids is 2. The van der Waals surface area contributed by atoms with Crippen LogP contribution in [0.15, 0.2) is 66.7 Å². The number of rotatable bonds is 8. The van der Waals surface area contributed by atoms with Crippen molar-refractivity contribution in [1.82, 2.24) is 4.90 Å². The van der Waals surface area contributed by atoms with E-state index in [0.717, 1.165) is 48.1 Å². The van der Waals surface area contributed by atoms with E-state index in [0.29, 0.717) is 13.1 Å². The highest BCUT2D eigenvalue weighted by molar-refractivity contribution is 14.1. The largest absolute Gasteiger partial charge is 0.497 e. The van der Waals surface area contributed by atoms with Gasteiger partial charge in [0.25, 0.3) is 5.91 Å². The number of halogens is 2. The number of carbonyl (C=O) groups is 2. The molecule has 3 heterocycles. The van der Waals surface area contributed by atoms with Gasteiger partial charge in [0.2, 0.25) is 5.91 Å². The van der Waals surface area contributed by atoms with Gasteiger partial charge in [-0.3, -0.25) is 9.59 Å². The quantitative estimate of drug-likeness (QED) is 0.258. The zero-order valence-electron chi connectivity index (χ0n) is 26.1. The number of hydrogen-bond donors (Lipinski definition) is 1. The number of methoxy groups -OCH3 is 1. The van der Waals surface area contributed by atoms with Gasteiger partial charge >= 0.3 is 0 Å². The fraction of sp³-hybridized carbons (Fsp3) is 0.444. The van der Waals surface area contributed by atoms with Gasteiger partial charge in [-0.05, 0) is 117 Å². The molecule has 1 spiro atoms. The Balaban J connectivity index is 1.44. The molecule has 45 heavy (non-hydrogen) atoms. The zero-order valence-corrected chi connectivity index (χ0v) is 30.4.